The van der Waals surface area contributed by atoms with Gasteiger partial charge in [0.15, 0.2) is 0 Å². The minimum atomic E-state index is -4.67. The van der Waals surface area contributed by atoms with Crippen LogP contribution in [-0.4, -0.2) is 9.79 Å². The predicted octanol–water partition coefficient (Wildman–Crippen LogP) is 2.53. The van der Waals surface area contributed by atoms with Crippen LogP contribution in [0.25, 0.3) is 11.0 Å². The Morgan fingerprint density at radius 1 is 1.26 bits per heavy atom. The molecular weight excluding hydrogens is 295 g/mol. The van der Waals surface area contributed by atoms with Crippen LogP contribution < -0.4 is 10.1 Å². The van der Waals surface area contributed by atoms with Gasteiger partial charge in [-0.3, -0.25) is 9.79 Å². The Balaban J connectivity index is 2.76. The van der Waals surface area contributed by atoms with Gasteiger partial charge in [0.1, 0.15) is 16.4 Å². The summed E-state index contributed by atoms with van der Waals surface area (Å²) in [4.78, 5) is 29.1. The molecule has 0 atom stereocenters. The van der Waals surface area contributed by atoms with E-state index < -0.39 is 13.4 Å². The molecule has 0 spiro atoms. The normalized spacial score (nSPS) is 11.8. The molecule has 0 fully saturated rings. The molecule has 1 aromatic heterocycles. The summed E-state index contributed by atoms with van der Waals surface area (Å²) < 4.78 is 20.4. The van der Waals surface area contributed by atoms with Crippen LogP contribution in [0.1, 0.15) is 11.1 Å². The van der Waals surface area contributed by atoms with Crippen molar-refractivity contribution >= 4 is 30.4 Å². The van der Waals surface area contributed by atoms with Gasteiger partial charge >= 0.3 is 13.4 Å². The van der Waals surface area contributed by atoms with Crippen LogP contribution in [0.15, 0.2) is 21.3 Å². The lowest BCUT2D eigenvalue weighted by molar-refractivity contribution is 0.282. The van der Waals surface area contributed by atoms with Gasteiger partial charge < -0.3 is 8.94 Å². The fraction of sp³-hybridized carbons (Fsp3) is 0.182. The summed E-state index contributed by atoms with van der Waals surface area (Å²) in [7, 11) is -4.67. The van der Waals surface area contributed by atoms with Gasteiger partial charge in [-0.25, -0.2) is 9.36 Å². The molecule has 0 aliphatic carbocycles. The second-order valence-electron chi connectivity index (χ2n) is 3.98. The molecule has 102 valence electrons. The molecule has 19 heavy (non-hydrogen) atoms. The highest BCUT2D eigenvalue weighted by Crippen LogP contribution is 2.41. The van der Waals surface area contributed by atoms with E-state index in [0.29, 0.717) is 16.5 Å². The van der Waals surface area contributed by atoms with Gasteiger partial charge in [-0.15, -0.1) is 0 Å². The molecule has 0 radical (unpaired) electrons. The van der Waals surface area contributed by atoms with E-state index >= 15 is 0 Å². The third-order valence-electron chi connectivity index (χ3n) is 2.68. The van der Waals surface area contributed by atoms with Crippen molar-refractivity contribution in [3.63, 3.8) is 0 Å². The van der Waals surface area contributed by atoms with E-state index in [1.165, 1.54) is 19.1 Å². The molecule has 0 saturated heterocycles. The van der Waals surface area contributed by atoms with Crippen molar-refractivity contribution in [1.82, 2.24) is 0 Å². The Morgan fingerprint density at radius 3 is 2.47 bits per heavy atom. The minimum absolute atomic E-state index is 0.0180. The quantitative estimate of drug-likeness (QED) is 0.653. The van der Waals surface area contributed by atoms with Crippen molar-refractivity contribution in [2.75, 3.05) is 0 Å². The Morgan fingerprint density at radius 2 is 1.89 bits per heavy atom. The number of halogens is 1. The molecule has 0 bridgehead atoms. The van der Waals surface area contributed by atoms with Gasteiger partial charge in [0.25, 0.3) is 0 Å². The largest absolute Gasteiger partial charge is 0.524 e. The SMILES string of the molecule is Cc1c(Cl)c(=O)oc2c(C)c(OP(=O)(O)O)ccc12. The molecule has 8 heteroatoms. The van der Waals surface area contributed by atoms with Crippen LogP contribution in [0.3, 0.4) is 0 Å². The van der Waals surface area contributed by atoms with Gasteiger partial charge in [-0.05, 0) is 31.5 Å². The smallest absolute Gasteiger partial charge is 0.421 e. The zero-order valence-corrected chi connectivity index (χ0v) is 11.7. The Labute approximate surface area is 112 Å². The second kappa shape index (κ2) is 4.65. The average molecular weight is 305 g/mol. The summed E-state index contributed by atoms with van der Waals surface area (Å²) in [5, 5.41) is 0.565. The van der Waals surface area contributed by atoms with Gasteiger partial charge in [-0.1, -0.05) is 11.6 Å². The molecule has 1 aromatic carbocycles. The van der Waals surface area contributed by atoms with Crippen LogP contribution >= 0.6 is 19.4 Å². The number of benzene rings is 1. The van der Waals surface area contributed by atoms with Gasteiger partial charge in [-0.2, -0.15) is 0 Å². The topological polar surface area (TPSA) is 97.0 Å². The van der Waals surface area contributed by atoms with Crippen molar-refractivity contribution in [3.05, 3.63) is 38.7 Å². The predicted molar refractivity (Wildman–Crippen MR) is 69.6 cm³/mol. The highest BCUT2D eigenvalue weighted by Gasteiger charge is 2.20. The fourth-order valence-corrected chi connectivity index (χ4v) is 2.33. The molecular formula is C11H10ClO6P. The monoisotopic (exact) mass is 304 g/mol. The van der Waals surface area contributed by atoms with Crippen LogP contribution in [0.2, 0.25) is 5.02 Å². The van der Waals surface area contributed by atoms with Crippen molar-refractivity contribution in [1.29, 1.82) is 0 Å². The summed E-state index contributed by atoms with van der Waals surface area (Å²) in [5.41, 5.74) is 0.345. The van der Waals surface area contributed by atoms with Crippen molar-refractivity contribution in [2.45, 2.75) is 13.8 Å². The first-order valence-electron chi connectivity index (χ1n) is 5.18. The summed E-state index contributed by atoms with van der Waals surface area (Å²) in [6.45, 7) is 3.19. The third kappa shape index (κ3) is 2.67. The minimum Gasteiger partial charge on any atom is -0.421 e. The number of fused-ring (bicyclic) bond motifs is 1. The summed E-state index contributed by atoms with van der Waals surface area (Å²) in [6, 6.07) is 2.91. The van der Waals surface area contributed by atoms with Crippen LogP contribution in [0.5, 0.6) is 5.75 Å². The highest BCUT2D eigenvalue weighted by atomic mass is 35.5. The van der Waals surface area contributed by atoms with E-state index in [4.69, 9.17) is 25.8 Å². The first-order valence-corrected chi connectivity index (χ1v) is 7.09. The number of rotatable bonds is 2. The van der Waals surface area contributed by atoms with E-state index in [9.17, 15) is 9.36 Å². The number of phosphoric acid groups is 1. The lowest BCUT2D eigenvalue weighted by Crippen LogP contribution is -2.03. The van der Waals surface area contributed by atoms with Crippen LogP contribution in [0.4, 0.5) is 0 Å². The van der Waals surface area contributed by atoms with Gasteiger partial charge in [0.05, 0.1) is 0 Å². The molecule has 0 unspecified atom stereocenters. The van der Waals surface area contributed by atoms with Crippen LogP contribution in [0, 0.1) is 13.8 Å². The molecule has 2 rings (SSSR count). The maximum absolute atomic E-state index is 11.5. The summed E-state index contributed by atoms with van der Waals surface area (Å²) in [6.07, 6.45) is 0. The molecule has 0 saturated carbocycles. The molecule has 6 nitrogen and oxygen atoms in total. The summed E-state index contributed by atoms with van der Waals surface area (Å²) in [5.74, 6) is -0.0503. The highest BCUT2D eigenvalue weighted by molar-refractivity contribution is 7.46. The second-order valence-corrected chi connectivity index (χ2v) is 5.52. The van der Waals surface area contributed by atoms with E-state index in [-0.39, 0.29) is 16.4 Å². The zero-order valence-electron chi connectivity index (χ0n) is 10.0. The van der Waals surface area contributed by atoms with E-state index in [1.54, 1.807) is 6.92 Å². The van der Waals surface area contributed by atoms with E-state index in [2.05, 4.69) is 4.52 Å². The van der Waals surface area contributed by atoms with Gasteiger partial charge in [0.2, 0.25) is 0 Å². The van der Waals surface area contributed by atoms with Crippen molar-refractivity contribution in [2.24, 2.45) is 0 Å². The van der Waals surface area contributed by atoms with E-state index in [0.717, 1.165) is 0 Å². The van der Waals surface area contributed by atoms with Crippen LogP contribution in [-0.2, 0) is 4.57 Å². The standard InChI is InChI=1S/C11H10ClO6P/c1-5-7-3-4-8(18-19(14,15)16)6(2)10(7)17-11(13)9(5)12/h3-4H,1-2H3,(H2,14,15,16). The summed E-state index contributed by atoms with van der Waals surface area (Å²) >= 11 is 5.79. The Bertz CT molecular complexity index is 760. The molecule has 1 heterocycles. The number of aryl methyl sites for hydroxylation is 2. The molecule has 0 amide bonds. The molecule has 0 aliphatic rings. The van der Waals surface area contributed by atoms with Gasteiger partial charge in [0, 0.05) is 10.9 Å². The fourth-order valence-electron chi connectivity index (χ4n) is 1.74. The third-order valence-corrected chi connectivity index (χ3v) is 3.55. The number of hydrogen-bond acceptors (Lipinski definition) is 4. The first kappa shape index (κ1) is 14.1. The maximum atomic E-state index is 11.5. The first-order chi connectivity index (χ1) is 8.70. The number of phosphoric ester groups is 1. The van der Waals surface area contributed by atoms with E-state index in [1.807, 2.05) is 0 Å². The molecule has 2 aromatic rings. The maximum Gasteiger partial charge on any atom is 0.524 e. The lowest BCUT2D eigenvalue weighted by atomic mass is 10.1. The zero-order chi connectivity index (χ0) is 14.4. The Hall–Kier alpha value is -1.33. The molecule has 2 N–H and O–H groups in total. The lowest BCUT2D eigenvalue weighted by Gasteiger charge is -2.11. The average Bonchev–Trinajstić information content (AvgIpc) is 2.29. The Kier molecular flexibility index (Phi) is 3.45. The van der Waals surface area contributed by atoms with Crippen molar-refractivity contribution in [3.8, 4) is 5.75 Å². The number of hydrogen-bond donors (Lipinski definition) is 2. The van der Waals surface area contributed by atoms with Crippen molar-refractivity contribution < 1.29 is 23.3 Å². The molecule has 0 aliphatic heterocycles.